The number of Topliss-reactive ketones (excluding diaryl/α,β-unsaturated/α-hetero) is 1. The maximum absolute atomic E-state index is 11.5. The minimum absolute atomic E-state index is 0.0247. The van der Waals surface area contributed by atoms with Crippen LogP contribution in [0.3, 0.4) is 0 Å². The van der Waals surface area contributed by atoms with Gasteiger partial charge in [0.2, 0.25) is 0 Å². The Kier molecular flexibility index (Phi) is 6.78. The van der Waals surface area contributed by atoms with E-state index >= 15 is 0 Å². The first-order chi connectivity index (χ1) is 9.10. The summed E-state index contributed by atoms with van der Waals surface area (Å²) >= 11 is 0. The molecule has 1 fully saturated rings. The summed E-state index contributed by atoms with van der Waals surface area (Å²) in [7, 11) is 1.66. The molecule has 4 heteroatoms. The number of ether oxygens (including phenoxy) is 1. The Labute approximate surface area is 114 Å². The van der Waals surface area contributed by atoms with Gasteiger partial charge in [0.25, 0.3) is 0 Å². The van der Waals surface area contributed by atoms with Crippen molar-refractivity contribution in [3.05, 3.63) is 12.2 Å². The smallest absolute Gasteiger partial charge is 0.314 e. The van der Waals surface area contributed by atoms with Gasteiger partial charge in [0.15, 0.2) is 0 Å². The van der Waals surface area contributed by atoms with E-state index in [-0.39, 0.29) is 17.8 Å². The molecule has 4 nitrogen and oxygen atoms in total. The lowest BCUT2D eigenvalue weighted by atomic mass is 9.94. The number of hydrogen-bond acceptors (Lipinski definition) is 3. The fraction of sp³-hybridized carbons (Fsp3) is 0.733. The molecule has 0 spiro atoms. The van der Waals surface area contributed by atoms with E-state index in [0.717, 1.165) is 12.8 Å². The van der Waals surface area contributed by atoms with Crippen molar-refractivity contribution in [3.63, 3.8) is 0 Å². The second kappa shape index (κ2) is 8.10. The molecule has 0 radical (unpaired) electrons. The van der Waals surface area contributed by atoms with Crippen molar-refractivity contribution >= 4 is 11.8 Å². The molecule has 0 bridgehead atoms. The highest BCUT2D eigenvalue weighted by Crippen LogP contribution is 2.30. The first kappa shape index (κ1) is 15.9. The monoisotopic (exact) mass is 268 g/mol. The van der Waals surface area contributed by atoms with Gasteiger partial charge in [0, 0.05) is 13.5 Å². The Hall–Kier alpha value is -1.16. The SMILES string of the molecule is CCCCCC(C=CC1CCC(=O)C1C(=O)O)OC. The van der Waals surface area contributed by atoms with E-state index in [1.165, 1.54) is 12.8 Å². The van der Waals surface area contributed by atoms with Crippen molar-refractivity contribution in [1.82, 2.24) is 0 Å². The molecule has 0 aromatic carbocycles. The molecule has 3 atom stereocenters. The Balaban J connectivity index is 2.53. The van der Waals surface area contributed by atoms with Gasteiger partial charge in [-0.05, 0) is 18.8 Å². The van der Waals surface area contributed by atoms with Crippen LogP contribution in [0.1, 0.15) is 45.4 Å². The van der Waals surface area contributed by atoms with Crippen molar-refractivity contribution in [2.75, 3.05) is 7.11 Å². The fourth-order valence-electron chi connectivity index (χ4n) is 2.55. The summed E-state index contributed by atoms with van der Waals surface area (Å²) in [4.78, 5) is 22.6. The molecule has 1 aliphatic rings. The van der Waals surface area contributed by atoms with Gasteiger partial charge in [-0.1, -0.05) is 38.3 Å². The number of methoxy groups -OCH3 is 1. The van der Waals surface area contributed by atoms with Gasteiger partial charge in [-0.15, -0.1) is 0 Å². The van der Waals surface area contributed by atoms with E-state index in [1.54, 1.807) is 7.11 Å². The molecule has 0 amide bonds. The first-order valence-corrected chi connectivity index (χ1v) is 7.06. The van der Waals surface area contributed by atoms with Crippen LogP contribution in [0.4, 0.5) is 0 Å². The van der Waals surface area contributed by atoms with E-state index in [4.69, 9.17) is 9.84 Å². The summed E-state index contributed by atoms with van der Waals surface area (Å²) in [6.07, 6.45) is 9.21. The normalized spacial score (nSPS) is 25.1. The van der Waals surface area contributed by atoms with Gasteiger partial charge in [-0.25, -0.2) is 0 Å². The lowest BCUT2D eigenvalue weighted by Gasteiger charge is -2.13. The number of carboxylic acid groups (broad SMARTS) is 1. The summed E-state index contributed by atoms with van der Waals surface area (Å²) < 4.78 is 5.36. The van der Waals surface area contributed by atoms with Gasteiger partial charge in [-0.2, -0.15) is 0 Å². The molecule has 0 heterocycles. The third-order valence-corrected chi connectivity index (χ3v) is 3.73. The van der Waals surface area contributed by atoms with Crippen LogP contribution >= 0.6 is 0 Å². The molecule has 19 heavy (non-hydrogen) atoms. The molecule has 0 aromatic heterocycles. The van der Waals surface area contributed by atoms with E-state index < -0.39 is 11.9 Å². The highest BCUT2D eigenvalue weighted by atomic mass is 16.5. The van der Waals surface area contributed by atoms with E-state index in [9.17, 15) is 9.59 Å². The van der Waals surface area contributed by atoms with E-state index in [1.807, 2.05) is 12.2 Å². The molecule has 3 unspecified atom stereocenters. The number of allylic oxidation sites excluding steroid dienone is 1. The minimum atomic E-state index is -1.00. The van der Waals surface area contributed by atoms with E-state index in [2.05, 4.69) is 6.92 Å². The van der Waals surface area contributed by atoms with Crippen LogP contribution in [0.25, 0.3) is 0 Å². The third-order valence-electron chi connectivity index (χ3n) is 3.73. The number of hydrogen-bond donors (Lipinski definition) is 1. The molecule has 0 saturated heterocycles. The highest BCUT2D eigenvalue weighted by Gasteiger charge is 2.38. The van der Waals surface area contributed by atoms with Crippen molar-refractivity contribution in [1.29, 1.82) is 0 Å². The van der Waals surface area contributed by atoms with Crippen LogP contribution in [-0.4, -0.2) is 30.1 Å². The predicted molar refractivity (Wildman–Crippen MR) is 72.9 cm³/mol. The Bertz CT molecular complexity index is 335. The highest BCUT2D eigenvalue weighted by molar-refractivity contribution is 6.00. The Morgan fingerprint density at radius 3 is 2.84 bits per heavy atom. The number of carbonyl (C=O) groups is 2. The van der Waals surface area contributed by atoms with Crippen LogP contribution < -0.4 is 0 Å². The maximum Gasteiger partial charge on any atom is 0.314 e. The molecule has 0 aromatic rings. The van der Waals surface area contributed by atoms with Crippen LogP contribution in [0, 0.1) is 11.8 Å². The topological polar surface area (TPSA) is 63.6 Å². The van der Waals surface area contributed by atoms with Crippen molar-refractivity contribution in [3.8, 4) is 0 Å². The number of carbonyl (C=O) groups excluding carboxylic acids is 1. The Morgan fingerprint density at radius 2 is 2.26 bits per heavy atom. The van der Waals surface area contributed by atoms with Gasteiger partial charge in [-0.3, -0.25) is 9.59 Å². The number of aliphatic carboxylic acids is 1. The van der Waals surface area contributed by atoms with Gasteiger partial charge in [0.05, 0.1) is 6.10 Å². The molecular formula is C15H24O4. The quantitative estimate of drug-likeness (QED) is 0.417. The molecule has 108 valence electrons. The van der Waals surface area contributed by atoms with Crippen LogP contribution in [-0.2, 0) is 14.3 Å². The lowest BCUT2D eigenvalue weighted by Crippen LogP contribution is -2.23. The molecule has 0 aliphatic heterocycles. The maximum atomic E-state index is 11.5. The summed E-state index contributed by atoms with van der Waals surface area (Å²) in [5.74, 6) is -2.18. The van der Waals surface area contributed by atoms with Crippen LogP contribution in [0.2, 0.25) is 0 Å². The van der Waals surface area contributed by atoms with Gasteiger partial charge >= 0.3 is 5.97 Å². The summed E-state index contributed by atoms with van der Waals surface area (Å²) in [6, 6.07) is 0. The first-order valence-electron chi connectivity index (χ1n) is 7.06. The third kappa shape index (κ3) is 4.78. The lowest BCUT2D eigenvalue weighted by molar-refractivity contribution is -0.145. The van der Waals surface area contributed by atoms with E-state index in [0.29, 0.717) is 12.8 Å². The summed E-state index contributed by atoms with van der Waals surface area (Å²) in [5, 5.41) is 9.06. The molecule has 1 N–H and O–H groups in total. The zero-order valence-corrected chi connectivity index (χ0v) is 11.8. The number of carboxylic acids is 1. The number of unbranched alkanes of at least 4 members (excludes halogenated alkanes) is 2. The van der Waals surface area contributed by atoms with Crippen LogP contribution in [0.5, 0.6) is 0 Å². The Morgan fingerprint density at radius 1 is 1.53 bits per heavy atom. The zero-order valence-electron chi connectivity index (χ0n) is 11.8. The second-order valence-electron chi connectivity index (χ2n) is 5.14. The van der Waals surface area contributed by atoms with Gasteiger partial charge in [0.1, 0.15) is 11.7 Å². The summed E-state index contributed by atoms with van der Waals surface area (Å²) in [6.45, 7) is 2.15. The van der Waals surface area contributed by atoms with Crippen molar-refractivity contribution in [2.45, 2.75) is 51.6 Å². The minimum Gasteiger partial charge on any atom is -0.481 e. The largest absolute Gasteiger partial charge is 0.481 e. The molecular weight excluding hydrogens is 244 g/mol. The second-order valence-corrected chi connectivity index (χ2v) is 5.14. The molecule has 1 aliphatic carbocycles. The summed E-state index contributed by atoms with van der Waals surface area (Å²) in [5.41, 5.74) is 0. The average Bonchev–Trinajstić information content (AvgIpc) is 2.75. The fourth-order valence-corrected chi connectivity index (χ4v) is 2.55. The predicted octanol–water partition coefficient (Wildman–Crippen LogP) is 2.82. The number of ketones is 1. The standard InChI is InChI=1S/C15H24O4/c1-3-4-5-6-12(19-2)9-7-11-8-10-13(16)14(11)15(17)18/h7,9,11-12,14H,3-6,8,10H2,1-2H3,(H,17,18). The zero-order chi connectivity index (χ0) is 14.3. The average molecular weight is 268 g/mol. The molecule has 1 saturated carbocycles. The van der Waals surface area contributed by atoms with Crippen LogP contribution in [0.15, 0.2) is 12.2 Å². The van der Waals surface area contributed by atoms with Crippen molar-refractivity contribution in [2.24, 2.45) is 11.8 Å². The number of rotatable bonds is 8. The molecule has 1 rings (SSSR count). The van der Waals surface area contributed by atoms with Crippen molar-refractivity contribution < 1.29 is 19.4 Å². The van der Waals surface area contributed by atoms with Gasteiger partial charge < -0.3 is 9.84 Å².